The van der Waals surface area contributed by atoms with Crippen LogP contribution in [0.25, 0.3) is 10.2 Å². The summed E-state index contributed by atoms with van der Waals surface area (Å²) in [4.78, 5) is 26.7. The molecule has 3 heterocycles. The van der Waals surface area contributed by atoms with E-state index in [1.807, 2.05) is 18.2 Å². The van der Waals surface area contributed by atoms with Gasteiger partial charge < -0.3 is 14.5 Å². The number of aromatic nitrogens is 3. The van der Waals surface area contributed by atoms with Gasteiger partial charge >= 0.3 is 0 Å². The molecule has 27 heavy (non-hydrogen) atoms. The van der Waals surface area contributed by atoms with Gasteiger partial charge in [0, 0.05) is 38.3 Å². The smallest absolute Gasteiger partial charge is 0.280 e. The van der Waals surface area contributed by atoms with Crippen molar-refractivity contribution in [2.24, 2.45) is 0 Å². The van der Waals surface area contributed by atoms with Crippen molar-refractivity contribution in [2.45, 2.75) is 6.43 Å². The summed E-state index contributed by atoms with van der Waals surface area (Å²) < 4.78 is 32.1. The molecule has 0 radical (unpaired) electrons. The number of ether oxygens (including phenoxy) is 1. The second kappa shape index (κ2) is 7.10. The molecule has 10 heteroatoms. The van der Waals surface area contributed by atoms with Gasteiger partial charge in [-0.3, -0.25) is 9.78 Å². The number of nitrogens with zero attached hydrogens (tertiary/aromatic N) is 4. The van der Waals surface area contributed by atoms with Crippen molar-refractivity contribution in [3.8, 4) is 5.75 Å². The fraction of sp³-hybridized carbons (Fsp3) is 0.353. The Bertz CT molecular complexity index is 1010. The van der Waals surface area contributed by atoms with Crippen molar-refractivity contribution in [1.29, 1.82) is 0 Å². The number of halogens is 2. The lowest BCUT2D eigenvalue weighted by Crippen LogP contribution is -2.47. The second-order valence-corrected chi connectivity index (χ2v) is 7.11. The minimum absolute atomic E-state index is 0.187. The number of H-pyrrole nitrogens is 1. The Kier molecular flexibility index (Phi) is 4.65. The molecule has 0 amide bonds. The number of nitrogens with one attached hydrogen (secondary N) is 1. The molecule has 7 nitrogen and oxygen atoms in total. The number of fused-ring (bicyclic) bond motifs is 1. The van der Waals surface area contributed by atoms with E-state index in [1.165, 1.54) is 0 Å². The Hall–Kier alpha value is -2.75. The van der Waals surface area contributed by atoms with Crippen LogP contribution in [0.15, 0.2) is 29.1 Å². The third-order valence-corrected chi connectivity index (χ3v) is 5.50. The molecule has 0 unspecified atom stereocenters. The summed E-state index contributed by atoms with van der Waals surface area (Å²) in [5.41, 5.74) is -0.193. The molecule has 1 saturated heterocycles. The lowest BCUT2D eigenvalue weighted by molar-refractivity contribution is 0.146. The van der Waals surface area contributed by atoms with Crippen LogP contribution >= 0.6 is 11.3 Å². The number of methoxy groups -OCH3 is 1. The summed E-state index contributed by atoms with van der Waals surface area (Å²) >= 11 is 1.60. The van der Waals surface area contributed by atoms with Gasteiger partial charge in [-0.05, 0) is 12.1 Å². The molecule has 3 aromatic rings. The van der Waals surface area contributed by atoms with Crippen molar-refractivity contribution in [1.82, 2.24) is 15.0 Å². The zero-order valence-corrected chi connectivity index (χ0v) is 15.3. The highest BCUT2D eigenvalue weighted by Gasteiger charge is 2.22. The first-order valence-corrected chi connectivity index (χ1v) is 9.19. The molecule has 142 valence electrons. The number of aromatic amines is 1. The number of alkyl halides is 2. The zero-order valence-electron chi connectivity index (χ0n) is 14.5. The van der Waals surface area contributed by atoms with Crippen molar-refractivity contribution in [3.05, 3.63) is 40.3 Å². The molecule has 4 rings (SSSR count). The van der Waals surface area contributed by atoms with Crippen molar-refractivity contribution in [2.75, 3.05) is 43.1 Å². The van der Waals surface area contributed by atoms with E-state index in [1.54, 1.807) is 23.3 Å². The first-order valence-electron chi connectivity index (χ1n) is 8.37. The maximum absolute atomic E-state index is 12.9. The number of benzene rings is 1. The predicted molar refractivity (Wildman–Crippen MR) is 100 cm³/mol. The molecular formula is C17H17F2N5O2S. The fourth-order valence-electron chi connectivity index (χ4n) is 2.99. The lowest BCUT2D eigenvalue weighted by Gasteiger charge is -2.34. The Morgan fingerprint density at radius 1 is 1.15 bits per heavy atom. The second-order valence-electron chi connectivity index (χ2n) is 6.10. The Labute approximate surface area is 157 Å². The molecule has 1 aliphatic heterocycles. The van der Waals surface area contributed by atoms with Crippen LogP contribution in [0.1, 0.15) is 12.1 Å². The van der Waals surface area contributed by atoms with Crippen LogP contribution in [0, 0.1) is 0 Å². The van der Waals surface area contributed by atoms with Crippen LogP contribution in [-0.4, -0.2) is 48.2 Å². The van der Waals surface area contributed by atoms with Gasteiger partial charge in [0.15, 0.2) is 5.13 Å². The Morgan fingerprint density at radius 2 is 1.89 bits per heavy atom. The SMILES string of the molecule is COc1ccc2sc(N3CCN(c4nc(C(F)F)cc(=O)[nH]4)CC3)nc2c1. The predicted octanol–water partition coefficient (Wildman–Crippen LogP) is 2.65. The maximum Gasteiger partial charge on any atom is 0.280 e. The molecule has 1 fully saturated rings. The van der Waals surface area contributed by atoms with Gasteiger partial charge in [-0.1, -0.05) is 11.3 Å². The molecule has 2 aromatic heterocycles. The summed E-state index contributed by atoms with van der Waals surface area (Å²) in [6.07, 6.45) is -2.77. The highest BCUT2D eigenvalue weighted by molar-refractivity contribution is 7.22. The van der Waals surface area contributed by atoms with E-state index in [9.17, 15) is 13.6 Å². The quantitative estimate of drug-likeness (QED) is 0.735. The number of thiazole rings is 1. The van der Waals surface area contributed by atoms with Crippen LogP contribution in [0.4, 0.5) is 19.9 Å². The molecule has 0 bridgehead atoms. The molecule has 1 N–H and O–H groups in total. The molecule has 0 atom stereocenters. The standard InChI is InChI=1S/C17H17F2N5O2S/c1-26-10-2-3-13-11(8-10)21-17(27-13)24-6-4-23(5-7-24)16-20-12(15(18)19)9-14(25)22-16/h2-3,8-9,15H,4-7H2,1H3,(H,20,22,25). The Morgan fingerprint density at radius 3 is 2.59 bits per heavy atom. The van der Waals surface area contributed by atoms with Gasteiger partial charge in [-0.25, -0.2) is 18.7 Å². The molecule has 1 aromatic carbocycles. The lowest BCUT2D eigenvalue weighted by atomic mass is 10.3. The maximum atomic E-state index is 12.9. The van der Waals surface area contributed by atoms with Crippen LogP contribution in [0.5, 0.6) is 5.75 Å². The van der Waals surface area contributed by atoms with Gasteiger partial charge in [0.05, 0.1) is 17.3 Å². The minimum atomic E-state index is -2.77. The van der Waals surface area contributed by atoms with E-state index in [2.05, 4.69) is 19.9 Å². The average molecular weight is 393 g/mol. The number of hydrogen-bond donors (Lipinski definition) is 1. The van der Waals surface area contributed by atoms with Crippen molar-refractivity contribution in [3.63, 3.8) is 0 Å². The largest absolute Gasteiger partial charge is 0.497 e. The third-order valence-electron chi connectivity index (χ3n) is 4.41. The van der Waals surface area contributed by atoms with Gasteiger partial charge in [0.25, 0.3) is 12.0 Å². The summed E-state index contributed by atoms with van der Waals surface area (Å²) in [5.74, 6) is 0.949. The molecule has 0 spiro atoms. The van der Waals surface area contributed by atoms with E-state index < -0.39 is 17.7 Å². The van der Waals surface area contributed by atoms with Crippen LogP contribution in [0.3, 0.4) is 0 Å². The monoisotopic (exact) mass is 393 g/mol. The fourth-order valence-corrected chi connectivity index (χ4v) is 3.99. The van der Waals surface area contributed by atoms with E-state index in [0.717, 1.165) is 27.2 Å². The van der Waals surface area contributed by atoms with Crippen molar-refractivity contribution < 1.29 is 13.5 Å². The molecular weight excluding hydrogens is 376 g/mol. The van der Waals surface area contributed by atoms with Crippen LogP contribution in [0.2, 0.25) is 0 Å². The van der Waals surface area contributed by atoms with Gasteiger partial charge in [0.2, 0.25) is 5.95 Å². The average Bonchev–Trinajstić information content (AvgIpc) is 3.10. The molecule has 0 saturated carbocycles. The third kappa shape index (κ3) is 3.57. The van der Waals surface area contributed by atoms with E-state index >= 15 is 0 Å². The number of hydrogen-bond acceptors (Lipinski definition) is 7. The van der Waals surface area contributed by atoms with Gasteiger partial charge in [0.1, 0.15) is 11.4 Å². The van der Waals surface area contributed by atoms with E-state index in [0.29, 0.717) is 26.2 Å². The van der Waals surface area contributed by atoms with Crippen LogP contribution < -0.4 is 20.1 Å². The van der Waals surface area contributed by atoms with Crippen molar-refractivity contribution >= 4 is 32.6 Å². The summed E-state index contributed by atoms with van der Waals surface area (Å²) in [5, 5.41) is 0.903. The number of rotatable bonds is 4. The van der Waals surface area contributed by atoms with E-state index in [-0.39, 0.29) is 5.95 Å². The van der Waals surface area contributed by atoms with Crippen LogP contribution in [-0.2, 0) is 0 Å². The molecule has 0 aliphatic carbocycles. The number of piperazine rings is 1. The summed E-state index contributed by atoms with van der Waals surface area (Å²) in [7, 11) is 1.62. The summed E-state index contributed by atoms with van der Waals surface area (Å²) in [6, 6.07) is 6.62. The Balaban J connectivity index is 1.50. The normalized spacial score (nSPS) is 15.0. The highest BCUT2D eigenvalue weighted by Crippen LogP contribution is 2.31. The topological polar surface area (TPSA) is 74.3 Å². The van der Waals surface area contributed by atoms with Gasteiger partial charge in [-0.15, -0.1) is 0 Å². The zero-order chi connectivity index (χ0) is 19.0. The first kappa shape index (κ1) is 17.7. The molecule has 1 aliphatic rings. The van der Waals surface area contributed by atoms with E-state index in [4.69, 9.17) is 4.74 Å². The van der Waals surface area contributed by atoms with Gasteiger partial charge in [-0.2, -0.15) is 0 Å². The summed E-state index contributed by atoms with van der Waals surface area (Å²) in [6.45, 7) is 2.41. The first-order chi connectivity index (χ1) is 13.0. The highest BCUT2D eigenvalue weighted by atomic mass is 32.1. The minimum Gasteiger partial charge on any atom is -0.497 e. The number of anilines is 2.